The lowest BCUT2D eigenvalue weighted by atomic mass is 9.94. The molecule has 0 amide bonds. The molecule has 1 aliphatic carbocycles. The fourth-order valence-corrected chi connectivity index (χ4v) is 2.30. The van der Waals surface area contributed by atoms with Crippen LogP contribution < -0.4 is 5.73 Å². The largest absolute Gasteiger partial charge is 0.326 e. The summed E-state index contributed by atoms with van der Waals surface area (Å²) in [6, 6.07) is 4.25. The van der Waals surface area contributed by atoms with Crippen LogP contribution in [0, 0.1) is 0 Å². The lowest BCUT2D eigenvalue weighted by Gasteiger charge is -2.14. The van der Waals surface area contributed by atoms with Crippen LogP contribution >= 0.6 is 0 Å². The minimum absolute atomic E-state index is 0.239. The first-order valence-corrected chi connectivity index (χ1v) is 7.39. The number of hydrogen-bond donors (Lipinski definition) is 1. The van der Waals surface area contributed by atoms with E-state index < -0.39 is 0 Å². The van der Waals surface area contributed by atoms with E-state index in [0.29, 0.717) is 12.5 Å². The summed E-state index contributed by atoms with van der Waals surface area (Å²) in [5.74, 6) is 0.634. The highest BCUT2D eigenvalue weighted by Crippen LogP contribution is 2.24. The molecule has 4 nitrogen and oxygen atoms in total. The van der Waals surface area contributed by atoms with E-state index in [0.717, 1.165) is 18.5 Å². The molecule has 0 aromatic carbocycles. The summed E-state index contributed by atoms with van der Waals surface area (Å²) >= 11 is 0. The van der Waals surface area contributed by atoms with Crippen LogP contribution in [-0.2, 0) is 0 Å². The van der Waals surface area contributed by atoms with Gasteiger partial charge >= 0.3 is 0 Å². The number of pyridine rings is 1. The van der Waals surface area contributed by atoms with Gasteiger partial charge in [-0.15, -0.1) is 0 Å². The molecule has 0 fully saturated rings. The van der Waals surface area contributed by atoms with E-state index in [1.807, 2.05) is 12.4 Å². The zero-order chi connectivity index (χ0) is 14.9. The van der Waals surface area contributed by atoms with Crippen molar-refractivity contribution in [1.82, 2.24) is 4.98 Å². The van der Waals surface area contributed by atoms with Crippen molar-refractivity contribution in [1.29, 1.82) is 0 Å². The van der Waals surface area contributed by atoms with Crippen molar-refractivity contribution in [3.05, 3.63) is 53.9 Å². The first kappa shape index (κ1) is 15.3. The molecule has 110 valence electrons. The molecule has 21 heavy (non-hydrogen) atoms. The van der Waals surface area contributed by atoms with Crippen LogP contribution in [0.3, 0.4) is 0 Å². The van der Waals surface area contributed by atoms with Crippen LogP contribution in [0.15, 0.2) is 52.8 Å². The molecule has 1 aliphatic rings. The van der Waals surface area contributed by atoms with Gasteiger partial charge in [0.05, 0.1) is 0 Å². The van der Waals surface area contributed by atoms with E-state index in [1.165, 1.54) is 5.56 Å². The Morgan fingerprint density at radius 1 is 1.38 bits per heavy atom. The fraction of sp³-hybridized carbons (Fsp3) is 0.353. The van der Waals surface area contributed by atoms with Crippen molar-refractivity contribution in [2.75, 3.05) is 6.54 Å². The second-order valence-electron chi connectivity index (χ2n) is 4.98. The molecule has 0 spiro atoms. The van der Waals surface area contributed by atoms with Gasteiger partial charge in [-0.25, -0.2) is 0 Å². The van der Waals surface area contributed by atoms with Crippen LogP contribution in [0.4, 0.5) is 0 Å². The van der Waals surface area contributed by atoms with Crippen LogP contribution in [0.1, 0.15) is 42.9 Å². The highest BCUT2D eigenvalue weighted by molar-refractivity contribution is 5.68. The number of aromatic nitrogens is 1. The second-order valence-corrected chi connectivity index (χ2v) is 4.98. The number of nitrogens with two attached hydrogens (primary N) is 1. The standard InChI is InChI=1S/C17H22N4/c1-2-14(13-21-20-11-10-18)16-8-9-17(19-12-16)15-6-4-3-5-7-15/h3-6,8-9,11-15H,2,7,10,18H2,1H3/b20-11+,21-13+. The minimum Gasteiger partial charge on any atom is -0.326 e. The maximum atomic E-state index is 5.33. The Balaban J connectivity index is 2.05. The molecule has 0 radical (unpaired) electrons. The van der Waals surface area contributed by atoms with Gasteiger partial charge in [-0.05, 0) is 24.5 Å². The zero-order valence-electron chi connectivity index (χ0n) is 12.4. The van der Waals surface area contributed by atoms with Crippen molar-refractivity contribution in [2.45, 2.75) is 31.6 Å². The van der Waals surface area contributed by atoms with Gasteiger partial charge in [0.15, 0.2) is 0 Å². The van der Waals surface area contributed by atoms with Gasteiger partial charge in [0, 0.05) is 42.7 Å². The van der Waals surface area contributed by atoms with Gasteiger partial charge < -0.3 is 5.73 Å². The van der Waals surface area contributed by atoms with Crippen LogP contribution in [0.25, 0.3) is 0 Å². The summed E-state index contributed by atoms with van der Waals surface area (Å²) in [7, 11) is 0. The van der Waals surface area contributed by atoms with Crippen molar-refractivity contribution in [3.8, 4) is 0 Å². The highest BCUT2D eigenvalue weighted by Gasteiger charge is 2.12. The topological polar surface area (TPSA) is 63.6 Å². The Bertz CT molecular complexity index is 540. The third kappa shape index (κ3) is 4.46. The maximum absolute atomic E-state index is 5.33. The van der Waals surface area contributed by atoms with Crippen LogP contribution in [-0.4, -0.2) is 24.0 Å². The van der Waals surface area contributed by atoms with Gasteiger partial charge in [-0.1, -0.05) is 37.3 Å². The van der Waals surface area contributed by atoms with E-state index in [-0.39, 0.29) is 5.92 Å². The van der Waals surface area contributed by atoms with Crippen molar-refractivity contribution >= 4 is 12.4 Å². The Morgan fingerprint density at radius 3 is 2.90 bits per heavy atom. The molecule has 2 unspecified atom stereocenters. The van der Waals surface area contributed by atoms with Gasteiger partial charge in [-0.2, -0.15) is 10.2 Å². The normalized spacial score (nSPS) is 19.6. The third-order valence-corrected chi connectivity index (χ3v) is 3.54. The minimum atomic E-state index is 0.239. The summed E-state index contributed by atoms with van der Waals surface area (Å²) in [5.41, 5.74) is 7.62. The molecule has 2 rings (SSSR count). The lowest BCUT2D eigenvalue weighted by Crippen LogP contribution is -2.03. The average molecular weight is 282 g/mol. The van der Waals surface area contributed by atoms with Gasteiger partial charge in [-0.3, -0.25) is 4.98 Å². The Labute approximate surface area is 126 Å². The number of allylic oxidation sites excluding steroid dienone is 4. The molecule has 0 saturated heterocycles. The summed E-state index contributed by atoms with van der Waals surface area (Å²) in [5, 5.41) is 7.91. The molecule has 1 heterocycles. The summed E-state index contributed by atoms with van der Waals surface area (Å²) in [6.45, 7) is 2.54. The zero-order valence-corrected chi connectivity index (χ0v) is 12.4. The van der Waals surface area contributed by atoms with E-state index >= 15 is 0 Å². The smallest absolute Gasteiger partial charge is 0.0475 e. The second kappa shape index (κ2) is 8.27. The number of nitrogens with zero attached hydrogens (tertiary/aromatic N) is 3. The van der Waals surface area contributed by atoms with E-state index in [9.17, 15) is 0 Å². The van der Waals surface area contributed by atoms with Crippen molar-refractivity contribution < 1.29 is 0 Å². The Morgan fingerprint density at radius 2 is 2.29 bits per heavy atom. The van der Waals surface area contributed by atoms with Gasteiger partial charge in [0.2, 0.25) is 0 Å². The van der Waals surface area contributed by atoms with Crippen LogP contribution in [0.5, 0.6) is 0 Å². The van der Waals surface area contributed by atoms with Gasteiger partial charge in [0.25, 0.3) is 0 Å². The molecular weight excluding hydrogens is 260 g/mol. The fourth-order valence-electron chi connectivity index (χ4n) is 2.30. The predicted octanol–water partition coefficient (Wildman–Crippen LogP) is 3.19. The molecule has 0 bridgehead atoms. The third-order valence-electron chi connectivity index (χ3n) is 3.54. The Kier molecular flexibility index (Phi) is 6.03. The van der Waals surface area contributed by atoms with E-state index in [4.69, 9.17) is 5.73 Å². The first-order chi connectivity index (χ1) is 10.3. The van der Waals surface area contributed by atoms with Crippen molar-refractivity contribution in [3.63, 3.8) is 0 Å². The molecule has 2 N–H and O–H groups in total. The summed E-state index contributed by atoms with van der Waals surface area (Å²) in [4.78, 5) is 4.61. The first-order valence-electron chi connectivity index (χ1n) is 7.39. The molecule has 1 aromatic heterocycles. The van der Waals surface area contributed by atoms with Gasteiger partial charge in [0.1, 0.15) is 0 Å². The highest BCUT2D eigenvalue weighted by atomic mass is 15.2. The van der Waals surface area contributed by atoms with E-state index in [2.05, 4.69) is 58.5 Å². The molecule has 2 atom stereocenters. The SMILES string of the molecule is CCC(/C=N/N=C/CN)c1ccc(C2C=CC=CC2)nc1. The molecule has 0 aliphatic heterocycles. The maximum Gasteiger partial charge on any atom is 0.0475 e. The predicted molar refractivity (Wildman–Crippen MR) is 88.9 cm³/mol. The monoisotopic (exact) mass is 282 g/mol. The average Bonchev–Trinajstić information content (AvgIpc) is 2.56. The van der Waals surface area contributed by atoms with E-state index in [1.54, 1.807) is 6.21 Å². The number of rotatable bonds is 6. The van der Waals surface area contributed by atoms with Crippen molar-refractivity contribution in [2.24, 2.45) is 15.9 Å². The number of hydrogen-bond acceptors (Lipinski definition) is 4. The van der Waals surface area contributed by atoms with Crippen LogP contribution in [0.2, 0.25) is 0 Å². The summed E-state index contributed by atoms with van der Waals surface area (Å²) in [6.07, 6.45) is 15.9. The Hall–Kier alpha value is -2.07. The molecular formula is C17H22N4. The molecule has 1 aromatic rings. The summed E-state index contributed by atoms with van der Waals surface area (Å²) < 4.78 is 0. The lowest BCUT2D eigenvalue weighted by molar-refractivity contribution is 0.799. The molecule has 4 heteroatoms. The molecule has 0 saturated carbocycles. The quantitative estimate of drug-likeness (QED) is 0.643.